The van der Waals surface area contributed by atoms with Gasteiger partial charge in [0.05, 0.1) is 0 Å². The van der Waals surface area contributed by atoms with E-state index in [0.29, 0.717) is 0 Å². The Kier molecular flexibility index (Phi) is 2.83. The van der Waals surface area contributed by atoms with E-state index < -0.39 is 12.4 Å². The van der Waals surface area contributed by atoms with Crippen LogP contribution in [-0.4, -0.2) is 22.7 Å². The van der Waals surface area contributed by atoms with Crippen LogP contribution in [0.3, 0.4) is 0 Å². The lowest BCUT2D eigenvalue weighted by Gasteiger charge is -1.99. The summed E-state index contributed by atoms with van der Waals surface area (Å²) in [5.74, 6) is -0.861. The van der Waals surface area contributed by atoms with Gasteiger partial charge in [0.2, 0.25) is 0 Å². The van der Waals surface area contributed by atoms with Crippen LogP contribution in [0.4, 0.5) is 0 Å². The van der Waals surface area contributed by atoms with E-state index >= 15 is 0 Å². The van der Waals surface area contributed by atoms with Crippen LogP contribution in [0.1, 0.15) is 0 Å². The number of carbonyl (C=O) groups is 1. The first-order valence-corrected chi connectivity index (χ1v) is 1.86. The van der Waals surface area contributed by atoms with E-state index in [9.17, 15) is 4.79 Å². The monoisotopic (exact) mass is 118 g/mol. The fourth-order valence-corrected chi connectivity index (χ4v) is 0.152. The van der Waals surface area contributed by atoms with Crippen molar-refractivity contribution in [3.63, 3.8) is 0 Å². The highest BCUT2D eigenvalue weighted by molar-refractivity contribution is 5.81. The Labute approximate surface area is 46.0 Å². The molecule has 4 nitrogen and oxygen atoms in total. The number of hydrogen-bond acceptors (Lipinski definition) is 4. The summed E-state index contributed by atoms with van der Waals surface area (Å²) in [6.07, 6.45) is 0.833. The van der Waals surface area contributed by atoms with Crippen molar-refractivity contribution in [3.8, 4) is 0 Å². The van der Waals surface area contributed by atoms with Gasteiger partial charge >= 0.3 is 12.4 Å². The van der Waals surface area contributed by atoms with Gasteiger partial charge in [-0.05, 0) is 0 Å². The third kappa shape index (κ3) is 3.32. The lowest BCUT2D eigenvalue weighted by atomic mass is 10.7. The average molecular weight is 118 g/mol. The predicted molar refractivity (Wildman–Crippen MR) is 24.5 cm³/mol. The summed E-state index contributed by atoms with van der Waals surface area (Å²) in [7, 11) is 0. The Hall–Kier alpha value is -0.870. The zero-order valence-electron chi connectivity index (χ0n) is 4.07. The minimum Gasteiger partial charge on any atom is -0.407 e. The van der Waals surface area contributed by atoms with Crippen LogP contribution in [-0.2, 0) is 9.53 Å². The molecular weight excluding hydrogens is 112 g/mol. The molecule has 0 aliphatic heterocycles. The summed E-state index contributed by atoms with van der Waals surface area (Å²) >= 11 is 0. The predicted octanol–water partition coefficient (Wildman–Crippen LogP) is -1.02. The summed E-state index contributed by atoms with van der Waals surface area (Å²) < 4.78 is 3.75. The summed E-state index contributed by atoms with van der Waals surface area (Å²) in [5, 5.41) is 15.8. The van der Waals surface area contributed by atoms with Crippen LogP contribution in [0.5, 0.6) is 0 Å². The number of hydrogen-bond donors (Lipinski definition) is 2. The molecule has 46 valence electrons. The topological polar surface area (TPSA) is 66.8 Å². The van der Waals surface area contributed by atoms with Gasteiger partial charge in [-0.1, -0.05) is 6.58 Å². The maximum Gasteiger partial charge on any atom is 0.334 e. The molecule has 0 aromatic heterocycles. The van der Waals surface area contributed by atoms with E-state index in [-0.39, 0.29) is 0 Å². The highest BCUT2D eigenvalue weighted by Gasteiger charge is 1.99. The molecule has 2 N–H and O–H groups in total. The van der Waals surface area contributed by atoms with E-state index in [0.717, 1.165) is 6.08 Å². The number of carbonyl (C=O) groups excluding carboxylic acids is 1. The van der Waals surface area contributed by atoms with E-state index in [4.69, 9.17) is 10.2 Å². The summed E-state index contributed by atoms with van der Waals surface area (Å²) in [6.45, 7) is 0.976. The van der Waals surface area contributed by atoms with Gasteiger partial charge in [0.1, 0.15) is 0 Å². The van der Waals surface area contributed by atoms with Crippen molar-refractivity contribution in [2.24, 2.45) is 0 Å². The highest BCUT2D eigenvalue weighted by atomic mass is 16.7. The number of ether oxygens (including phenoxy) is 1. The summed E-state index contributed by atoms with van der Waals surface area (Å²) in [6, 6.07) is 0. The summed E-state index contributed by atoms with van der Waals surface area (Å²) in [4.78, 5) is 9.96. The van der Waals surface area contributed by atoms with Crippen molar-refractivity contribution >= 4 is 5.97 Å². The molecule has 0 saturated carbocycles. The van der Waals surface area contributed by atoms with Crippen molar-refractivity contribution in [1.82, 2.24) is 0 Å². The molecule has 0 aliphatic rings. The first kappa shape index (κ1) is 7.13. The number of esters is 1. The Balaban J connectivity index is 3.39. The van der Waals surface area contributed by atoms with E-state index in [1.807, 2.05) is 0 Å². The molecule has 0 aromatic carbocycles. The van der Waals surface area contributed by atoms with Gasteiger partial charge in [-0.3, -0.25) is 0 Å². The van der Waals surface area contributed by atoms with Crippen LogP contribution in [0.25, 0.3) is 0 Å². The molecule has 0 rings (SSSR count). The van der Waals surface area contributed by atoms with E-state index in [1.54, 1.807) is 0 Å². The SMILES string of the molecule is C=CC(=O)OC(O)O. The fraction of sp³-hybridized carbons (Fsp3) is 0.250. The highest BCUT2D eigenvalue weighted by Crippen LogP contribution is 1.81. The fourth-order valence-electron chi connectivity index (χ4n) is 0.152. The molecule has 0 atom stereocenters. The van der Waals surface area contributed by atoms with Crippen molar-refractivity contribution < 1.29 is 19.7 Å². The van der Waals surface area contributed by atoms with Crippen molar-refractivity contribution in [3.05, 3.63) is 12.7 Å². The molecule has 8 heavy (non-hydrogen) atoms. The Morgan fingerprint density at radius 1 is 1.75 bits per heavy atom. The first-order valence-electron chi connectivity index (χ1n) is 1.86. The van der Waals surface area contributed by atoms with Gasteiger partial charge in [-0.2, -0.15) is 0 Å². The molecule has 0 unspecified atom stereocenters. The van der Waals surface area contributed by atoms with Crippen molar-refractivity contribution in [2.75, 3.05) is 0 Å². The second kappa shape index (κ2) is 3.17. The minimum atomic E-state index is -2.04. The largest absolute Gasteiger partial charge is 0.407 e. The molecule has 0 spiro atoms. The molecule has 0 saturated heterocycles. The van der Waals surface area contributed by atoms with Gasteiger partial charge < -0.3 is 14.9 Å². The van der Waals surface area contributed by atoms with Crippen LogP contribution in [0.2, 0.25) is 0 Å². The Morgan fingerprint density at radius 2 is 2.25 bits per heavy atom. The second-order valence-corrected chi connectivity index (χ2v) is 0.967. The maximum atomic E-state index is 9.96. The third-order valence-corrected chi connectivity index (χ3v) is 0.388. The Morgan fingerprint density at radius 3 is 2.38 bits per heavy atom. The molecule has 0 heterocycles. The lowest BCUT2D eigenvalue weighted by molar-refractivity contribution is -0.225. The molecule has 0 amide bonds. The summed E-state index contributed by atoms with van der Waals surface area (Å²) in [5.41, 5.74) is 0. The van der Waals surface area contributed by atoms with Crippen LogP contribution in [0.15, 0.2) is 12.7 Å². The van der Waals surface area contributed by atoms with Gasteiger partial charge in [-0.15, -0.1) is 0 Å². The van der Waals surface area contributed by atoms with Crippen LogP contribution < -0.4 is 0 Å². The molecular formula is C4H6O4. The number of aliphatic hydroxyl groups excluding tert-OH is 1. The first-order chi connectivity index (χ1) is 3.66. The maximum absolute atomic E-state index is 9.96. The lowest BCUT2D eigenvalue weighted by Crippen LogP contribution is -2.14. The number of aliphatic hydroxyl groups is 2. The van der Waals surface area contributed by atoms with Gasteiger partial charge in [0, 0.05) is 6.08 Å². The molecule has 0 bridgehead atoms. The second-order valence-electron chi connectivity index (χ2n) is 0.967. The van der Waals surface area contributed by atoms with Gasteiger partial charge in [0.25, 0.3) is 0 Å². The third-order valence-electron chi connectivity index (χ3n) is 0.388. The minimum absolute atomic E-state index is 0.833. The molecule has 0 fully saturated rings. The standard InChI is InChI=1S/C4H6O4/c1-2-3(5)8-4(6)7/h2,4,6-7H,1H2. The van der Waals surface area contributed by atoms with Gasteiger partial charge in [-0.25, -0.2) is 4.79 Å². The van der Waals surface area contributed by atoms with E-state index in [1.165, 1.54) is 0 Å². The number of rotatable bonds is 2. The van der Waals surface area contributed by atoms with Crippen LogP contribution >= 0.6 is 0 Å². The van der Waals surface area contributed by atoms with Crippen molar-refractivity contribution in [1.29, 1.82) is 0 Å². The molecule has 0 aromatic rings. The van der Waals surface area contributed by atoms with Crippen molar-refractivity contribution in [2.45, 2.75) is 6.48 Å². The molecule has 0 radical (unpaired) electrons. The van der Waals surface area contributed by atoms with Crippen LogP contribution in [0, 0.1) is 0 Å². The molecule has 0 aliphatic carbocycles. The zero-order chi connectivity index (χ0) is 6.57. The average Bonchev–Trinajstić information content (AvgIpc) is 1.65. The van der Waals surface area contributed by atoms with E-state index in [2.05, 4.69) is 11.3 Å². The zero-order valence-corrected chi connectivity index (χ0v) is 4.07. The Bertz CT molecular complexity index is 96.2. The smallest absolute Gasteiger partial charge is 0.334 e. The molecule has 4 heteroatoms. The normalized spacial score (nSPS) is 8.88. The van der Waals surface area contributed by atoms with Gasteiger partial charge in [0.15, 0.2) is 0 Å². The quantitative estimate of drug-likeness (QED) is 0.277.